The number of amides is 1. The molecule has 4 aromatic carbocycles. The Labute approximate surface area is 222 Å². The molecule has 0 saturated carbocycles. The van der Waals surface area contributed by atoms with E-state index < -0.39 is 12.0 Å². The second kappa shape index (κ2) is 10.8. The normalized spacial score (nSPS) is 11.8. The second-order valence-corrected chi connectivity index (χ2v) is 9.64. The molecule has 1 amide bonds. The van der Waals surface area contributed by atoms with Crippen molar-refractivity contribution >= 4 is 22.8 Å². The molecular weight excluding hydrogens is 474 g/mol. The number of rotatable bonds is 8. The lowest BCUT2D eigenvalue weighted by molar-refractivity contribution is -0.142. The third-order valence-corrected chi connectivity index (χ3v) is 6.80. The highest BCUT2D eigenvalue weighted by molar-refractivity contribution is 5.98. The number of fused-ring (bicyclic) bond motifs is 1. The first kappa shape index (κ1) is 25.0. The van der Waals surface area contributed by atoms with Gasteiger partial charge in [0.1, 0.15) is 17.4 Å². The third-order valence-electron chi connectivity index (χ3n) is 6.80. The summed E-state index contributed by atoms with van der Waals surface area (Å²) < 4.78 is 6.05. The molecule has 1 heterocycles. The third kappa shape index (κ3) is 5.37. The lowest BCUT2D eigenvalue weighted by atomic mass is 9.99. The van der Waals surface area contributed by atoms with Crippen molar-refractivity contribution in [2.45, 2.75) is 32.9 Å². The summed E-state index contributed by atoms with van der Waals surface area (Å²) in [4.78, 5) is 28.0. The largest absolute Gasteiger partial charge is 0.480 e. The van der Waals surface area contributed by atoms with Gasteiger partial charge in [-0.15, -0.1) is 0 Å². The fourth-order valence-electron chi connectivity index (χ4n) is 4.84. The van der Waals surface area contributed by atoms with E-state index in [0.717, 1.165) is 44.5 Å². The van der Waals surface area contributed by atoms with Gasteiger partial charge >= 0.3 is 5.97 Å². The van der Waals surface area contributed by atoms with E-state index in [1.165, 1.54) is 4.90 Å². The monoisotopic (exact) mass is 503 g/mol. The zero-order chi connectivity index (χ0) is 26.6. The molecule has 190 valence electrons. The van der Waals surface area contributed by atoms with Crippen LogP contribution in [0.3, 0.4) is 0 Å². The number of benzene rings is 4. The highest BCUT2D eigenvalue weighted by Gasteiger charge is 2.31. The van der Waals surface area contributed by atoms with Gasteiger partial charge in [-0.2, -0.15) is 0 Å². The minimum Gasteiger partial charge on any atom is -0.480 e. The van der Waals surface area contributed by atoms with Gasteiger partial charge in [-0.1, -0.05) is 84.4 Å². The van der Waals surface area contributed by atoms with E-state index in [0.29, 0.717) is 5.56 Å². The fraction of sp³-hybridized carbons (Fsp3) is 0.152. The highest BCUT2D eigenvalue weighted by Crippen LogP contribution is 2.29. The van der Waals surface area contributed by atoms with E-state index in [9.17, 15) is 14.7 Å². The molecule has 0 spiro atoms. The molecule has 5 heteroatoms. The second-order valence-electron chi connectivity index (χ2n) is 9.64. The van der Waals surface area contributed by atoms with Crippen LogP contribution in [0.2, 0.25) is 0 Å². The molecule has 5 nitrogen and oxygen atoms in total. The van der Waals surface area contributed by atoms with Gasteiger partial charge in [0, 0.05) is 29.5 Å². The topological polar surface area (TPSA) is 70.8 Å². The molecule has 0 fully saturated rings. The number of carbonyl (C=O) groups is 2. The van der Waals surface area contributed by atoms with Gasteiger partial charge in [0.25, 0.3) is 5.91 Å². The lowest BCUT2D eigenvalue weighted by Gasteiger charge is -2.30. The number of carbonyl (C=O) groups excluding carboxylic acids is 1. The average molecular weight is 504 g/mol. The number of aryl methyl sites for hydroxylation is 2. The van der Waals surface area contributed by atoms with Crippen LogP contribution >= 0.6 is 0 Å². The molecule has 0 bridgehead atoms. The summed E-state index contributed by atoms with van der Waals surface area (Å²) >= 11 is 0. The Morgan fingerprint density at radius 3 is 2.29 bits per heavy atom. The van der Waals surface area contributed by atoms with Crippen molar-refractivity contribution in [3.05, 3.63) is 131 Å². The number of nitrogens with zero attached hydrogens (tertiary/aromatic N) is 1. The van der Waals surface area contributed by atoms with E-state index in [4.69, 9.17) is 4.42 Å². The quantitative estimate of drug-likeness (QED) is 0.246. The molecule has 0 aliphatic heterocycles. The number of hydrogen-bond acceptors (Lipinski definition) is 3. The van der Waals surface area contributed by atoms with Crippen LogP contribution in [-0.2, 0) is 17.8 Å². The van der Waals surface area contributed by atoms with Crippen LogP contribution in [0.25, 0.3) is 22.3 Å². The Kier molecular flexibility index (Phi) is 7.09. The Morgan fingerprint density at radius 1 is 0.816 bits per heavy atom. The minimum atomic E-state index is -1.04. The van der Waals surface area contributed by atoms with Crippen LogP contribution in [0.1, 0.15) is 32.6 Å². The molecule has 38 heavy (non-hydrogen) atoms. The summed E-state index contributed by atoms with van der Waals surface area (Å²) in [5.74, 6) is -0.625. The van der Waals surface area contributed by atoms with E-state index in [2.05, 4.69) is 0 Å². The molecule has 5 rings (SSSR count). The highest BCUT2D eigenvalue weighted by atomic mass is 16.4. The first-order valence-corrected chi connectivity index (χ1v) is 12.6. The Bertz CT molecular complexity index is 1570. The van der Waals surface area contributed by atoms with Crippen molar-refractivity contribution in [3.63, 3.8) is 0 Å². The molecule has 5 aromatic rings. The van der Waals surface area contributed by atoms with Gasteiger partial charge in [0.2, 0.25) is 0 Å². The summed E-state index contributed by atoms with van der Waals surface area (Å²) in [6.45, 7) is 4.00. The van der Waals surface area contributed by atoms with Crippen molar-refractivity contribution in [2.24, 2.45) is 0 Å². The summed E-state index contributed by atoms with van der Waals surface area (Å²) in [5, 5.41) is 11.3. The molecule has 1 unspecified atom stereocenters. The van der Waals surface area contributed by atoms with Crippen LogP contribution in [0.15, 0.2) is 108 Å². The number of para-hydroxylation sites is 1. The number of furan rings is 1. The van der Waals surface area contributed by atoms with Gasteiger partial charge in [-0.3, -0.25) is 4.79 Å². The Balaban J connectivity index is 1.53. The van der Waals surface area contributed by atoms with Crippen LogP contribution in [0.4, 0.5) is 0 Å². The Morgan fingerprint density at radius 2 is 1.55 bits per heavy atom. The van der Waals surface area contributed by atoms with Gasteiger partial charge in [-0.05, 0) is 54.8 Å². The van der Waals surface area contributed by atoms with Crippen molar-refractivity contribution in [1.82, 2.24) is 4.90 Å². The van der Waals surface area contributed by atoms with Gasteiger partial charge in [0.15, 0.2) is 0 Å². The summed E-state index contributed by atoms with van der Waals surface area (Å²) in [5.41, 5.74) is 5.71. The maximum Gasteiger partial charge on any atom is 0.326 e. The zero-order valence-electron chi connectivity index (χ0n) is 21.4. The summed E-state index contributed by atoms with van der Waals surface area (Å²) in [6, 6.07) is 31.5. The van der Waals surface area contributed by atoms with Crippen LogP contribution in [0, 0.1) is 13.8 Å². The molecule has 0 saturated heterocycles. The van der Waals surface area contributed by atoms with Crippen LogP contribution in [0.5, 0.6) is 0 Å². The van der Waals surface area contributed by atoms with Crippen LogP contribution in [-0.4, -0.2) is 27.9 Å². The molecular formula is C33H29NO4. The zero-order valence-corrected chi connectivity index (χ0v) is 21.4. The SMILES string of the molecule is Cc1ccc(C(=O)N(Cc2cccc(-c3cc4ccccc4o3)c2)C(Cc2ccccc2)C(=O)O)c(C)c1. The molecule has 1 N–H and O–H groups in total. The number of carboxylic acid groups (broad SMARTS) is 1. The van der Waals surface area contributed by atoms with E-state index in [1.807, 2.05) is 111 Å². The van der Waals surface area contributed by atoms with E-state index >= 15 is 0 Å². The first-order chi connectivity index (χ1) is 18.4. The smallest absolute Gasteiger partial charge is 0.326 e. The van der Waals surface area contributed by atoms with E-state index in [-0.39, 0.29) is 18.9 Å². The van der Waals surface area contributed by atoms with Gasteiger partial charge in [0.05, 0.1) is 0 Å². The fourth-order valence-corrected chi connectivity index (χ4v) is 4.84. The molecule has 0 aliphatic rings. The first-order valence-electron chi connectivity index (χ1n) is 12.6. The predicted octanol–water partition coefficient (Wildman–Crippen LogP) is 7.05. The van der Waals surface area contributed by atoms with E-state index in [1.54, 1.807) is 6.07 Å². The maximum absolute atomic E-state index is 13.9. The predicted molar refractivity (Wildman–Crippen MR) is 149 cm³/mol. The molecule has 1 atom stereocenters. The summed E-state index contributed by atoms with van der Waals surface area (Å²) in [6.07, 6.45) is 0.204. The van der Waals surface area contributed by atoms with Gasteiger partial charge < -0.3 is 14.4 Å². The number of hydrogen-bond donors (Lipinski definition) is 1. The minimum absolute atomic E-state index is 0.143. The molecule has 0 aliphatic carbocycles. The van der Waals surface area contributed by atoms with Crippen molar-refractivity contribution < 1.29 is 19.1 Å². The Hall–Kier alpha value is -4.64. The molecule has 0 radical (unpaired) electrons. The average Bonchev–Trinajstić information content (AvgIpc) is 3.35. The summed E-state index contributed by atoms with van der Waals surface area (Å²) in [7, 11) is 0. The molecule has 1 aromatic heterocycles. The van der Waals surface area contributed by atoms with Crippen molar-refractivity contribution in [1.29, 1.82) is 0 Å². The standard InChI is InChI=1S/C33H29NO4/c1-22-15-16-28(23(2)17-22)32(35)34(29(33(36)37)19-24-9-4-3-5-10-24)21-25-11-8-13-26(18-25)31-20-27-12-6-7-14-30(27)38-31/h3-18,20,29H,19,21H2,1-2H3,(H,36,37). The lowest BCUT2D eigenvalue weighted by Crippen LogP contribution is -2.46. The van der Waals surface area contributed by atoms with Crippen molar-refractivity contribution in [3.8, 4) is 11.3 Å². The number of aliphatic carboxylic acids is 1. The van der Waals surface area contributed by atoms with Crippen molar-refractivity contribution in [2.75, 3.05) is 0 Å². The number of carboxylic acids is 1. The van der Waals surface area contributed by atoms with Gasteiger partial charge in [-0.25, -0.2) is 4.79 Å². The maximum atomic E-state index is 13.9. The van der Waals surface area contributed by atoms with Crippen LogP contribution < -0.4 is 0 Å².